The molecule has 2 aromatic carbocycles. The Kier molecular flexibility index (Phi) is 39.3. The van der Waals surface area contributed by atoms with Crippen molar-refractivity contribution >= 4 is 28.9 Å². The Hall–Kier alpha value is -5.12. The van der Waals surface area contributed by atoms with Crippen molar-refractivity contribution in [3.63, 3.8) is 0 Å². The zero-order valence-corrected chi connectivity index (χ0v) is 49.7. The molecule has 1 aromatic heterocycles. The molecule has 3 rings (SSSR count). The van der Waals surface area contributed by atoms with E-state index in [0.717, 1.165) is 122 Å². The van der Waals surface area contributed by atoms with E-state index in [4.69, 9.17) is 18.6 Å². The summed E-state index contributed by atoms with van der Waals surface area (Å²) in [5.41, 5.74) is -0.874. The zero-order chi connectivity index (χ0) is 56.8. The van der Waals surface area contributed by atoms with E-state index in [2.05, 4.69) is 57.2 Å². The summed E-state index contributed by atoms with van der Waals surface area (Å²) in [5, 5.41) is 21.8. The highest BCUT2D eigenvalue weighted by Gasteiger charge is 2.23. The van der Waals surface area contributed by atoms with Crippen LogP contribution >= 0.6 is 0 Å². The number of esters is 3. The highest BCUT2D eigenvalue weighted by Crippen LogP contribution is 2.39. The summed E-state index contributed by atoms with van der Waals surface area (Å²) in [6.45, 7) is 6.74. The number of hydrogen-bond acceptors (Lipinski definition) is 10. The molecule has 0 bridgehead atoms. The number of phenolic OH excluding ortho intramolecular Hbond substituents is 1. The first-order valence-corrected chi connectivity index (χ1v) is 31.9. The third-order valence-corrected chi connectivity index (χ3v) is 14.7. The molecule has 3 aromatic rings. The van der Waals surface area contributed by atoms with Crippen LogP contribution < -0.4 is 19.6 Å². The fourth-order valence-corrected chi connectivity index (χ4v) is 9.88. The molecule has 10 nitrogen and oxygen atoms in total. The molecule has 10 heteroatoms. The van der Waals surface area contributed by atoms with Gasteiger partial charge in [0.2, 0.25) is 11.2 Å². The van der Waals surface area contributed by atoms with E-state index in [1.807, 2.05) is 0 Å². The Morgan fingerprint density at radius 1 is 0.418 bits per heavy atom. The lowest BCUT2D eigenvalue weighted by atomic mass is 10.1. The maximum atomic E-state index is 13.6. The molecule has 2 N–H and O–H groups in total. The molecule has 442 valence electrons. The molecule has 0 saturated heterocycles. The molecular weight excluding hydrogens is 989 g/mol. The normalized spacial score (nSPS) is 11.7. The molecule has 0 atom stereocenters. The summed E-state index contributed by atoms with van der Waals surface area (Å²) in [7, 11) is 0. The molecule has 0 spiro atoms. The number of hydrogen-bond donors (Lipinski definition) is 2. The summed E-state index contributed by atoms with van der Waals surface area (Å²) >= 11 is 0. The molecule has 0 saturated carbocycles. The lowest BCUT2D eigenvalue weighted by Crippen LogP contribution is -2.12. The van der Waals surface area contributed by atoms with Crippen molar-refractivity contribution in [2.75, 3.05) is 0 Å². The molecule has 0 radical (unpaired) electrons. The van der Waals surface area contributed by atoms with E-state index < -0.39 is 34.8 Å². The Labute approximate surface area is 477 Å². The van der Waals surface area contributed by atoms with E-state index in [9.17, 15) is 29.4 Å². The predicted octanol–water partition coefficient (Wildman–Crippen LogP) is 20.7. The second-order valence-electron chi connectivity index (χ2n) is 22.0. The Morgan fingerprint density at radius 3 is 1.15 bits per heavy atom. The van der Waals surface area contributed by atoms with Gasteiger partial charge in [0.1, 0.15) is 22.5 Å². The Morgan fingerprint density at radius 2 is 0.759 bits per heavy atom. The van der Waals surface area contributed by atoms with Crippen molar-refractivity contribution in [2.24, 2.45) is 0 Å². The number of carbonyl (C=O) groups is 3. The topological polar surface area (TPSA) is 150 Å². The highest BCUT2D eigenvalue weighted by molar-refractivity contribution is 5.89. The van der Waals surface area contributed by atoms with Crippen LogP contribution in [0.15, 0.2) is 76.0 Å². The van der Waals surface area contributed by atoms with Crippen molar-refractivity contribution in [3.05, 3.63) is 77.0 Å². The quantitative estimate of drug-likeness (QED) is 0.0242. The van der Waals surface area contributed by atoms with Gasteiger partial charge in [-0.3, -0.25) is 19.2 Å². The van der Waals surface area contributed by atoms with Crippen LogP contribution in [0.2, 0.25) is 0 Å². The second-order valence-corrected chi connectivity index (χ2v) is 22.0. The summed E-state index contributed by atoms with van der Waals surface area (Å²) in [4.78, 5) is 53.0. The van der Waals surface area contributed by atoms with Crippen LogP contribution in [0.1, 0.15) is 290 Å². The zero-order valence-electron chi connectivity index (χ0n) is 49.7. The highest BCUT2D eigenvalue weighted by atomic mass is 16.6. The van der Waals surface area contributed by atoms with Gasteiger partial charge in [-0.15, -0.1) is 0 Å². The molecule has 1 heterocycles. The first-order valence-electron chi connectivity index (χ1n) is 31.9. The lowest BCUT2D eigenvalue weighted by Gasteiger charge is -2.13. The van der Waals surface area contributed by atoms with E-state index in [1.54, 1.807) is 0 Å². The van der Waals surface area contributed by atoms with E-state index in [0.29, 0.717) is 19.3 Å². The van der Waals surface area contributed by atoms with Gasteiger partial charge in [0, 0.05) is 37.0 Å². The summed E-state index contributed by atoms with van der Waals surface area (Å²) in [6.07, 6.45) is 58.9. The molecule has 0 aliphatic rings. The number of phenols is 1. The minimum Gasteiger partial charge on any atom is -0.507 e. The number of fused-ring (bicyclic) bond motifs is 1. The molecule has 79 heavy (non-hydrogen) atoms. The van der Waals surface area contributed by atoms with Gasteiger partial charge in [-0.2, -0.15) is 0 Å². The molecule has 0 amide bonds. The third kappa shape index (κ3) is 32.1. The average Bonchev–Trinajstić information content (AvgIpc) is 3.54. The minimum atomic E-state index is -0.905. The summed E-state index contributed by atoms with van der Waals surface area (Å²) in [6, 6.07) is 6.82. The van der Waals surface area contributed by atoms with Crippen LogP contribution in [0.4, 0.5) is 0 Å². The van der Waals surface area contributed by atoms with Crippen LogP contribution in [0, 0.1) is 0 Å². The van der Waals surface area contributed by atoms with Crippen molar-refractivity contribution in [2.45, 2.75) is 290 Å². The van der Waals surface area contributed by atoms with Gasteiger partial charge in [0.25, 0.3) is 0 Å². The first kappa shape index (κ1) is 68.2. The molecule has 0 aliphatic heterocycles. The van der Waals surface area contributed by atoms with Crippen LogP contribution in [0.3, 0.4) is 0 Å². The van der Waals surface area contributed by atoms with Gasteiger partial charge in [-0.1, -0.05) is 211 Å². The van der Waals surface area contributed by atoms with E-state index >= 15 is 0 Å². The Balaban J connectivity index is 1.58. The maximum Gasteiger partial charge on any atom is 0.311 e. The van der Waals surface area contributed by atoms with Gasteiger partial charge >= 0.3 is 17.9 Å². The van der Waals surface area contributed by atoms with Crippen molar-refractivity contribution < 1.29 is 43.2 Å². The summed E-state index contributed by atoms with van der Waals surface area (Å²) < 4.78 is 23.3. The number of benzene rings is 2. The van der Waals surface area contributed by atoms with Crippen LogP contribution in [0.25, 0.3) is 22.3 Å². The van der Waals surface area contributed by atoms with Crippen molar-refractivity contribution in [3.8, 4) is 40.1 Å². The van der Waals surface area contributed by atoms with E-state index in [1.165, 1.54) is 140 Å². The fourth-order valence-electron chi connectivity index (χ4n) is 9.88. The molecule has 0 fully saturated rings. The van der Waals surface area contributed by atoms with Crippen molar-refractivity contribution in [1.82, 2.24) is 0 Å². The number of unbranched alkanes of at least 4 members (excludes halogenated alkanes) is 33. The largest absolute Gasteiger partial charge is 0.507 e. The number of allylic oxidation sites excluding steroid dienone is 6. The van der Waals surface area contributed by atoms with Gasteiger partial charge in [0.05, 0.1) is 0 Å². The molecule has 0 unspecified atom stereocenters. The van der Waals surface area contributed by atoms with Crippen LogP contribution in [0.5, 0.6) is 28.7 Å². The fraction of sp³-hybridized carbons (Fsp3) is 0.652. The number of rotatable bonds is 49. The number of aromatic hydroxyl groups is 2. The average molecular weight is 1100 g/mol. The van der Waals surface area contributed by atoms with Gasteiger partial charge < -0.3 is 28.8 Å². The monoisotopic (exact) mass is 1090 g/mol. The standard InChI is InChI=1S/C69H106O10/c1-4-7-10-13-16-19-22-25-28-31-34-37-40-43-46-49-63(71)76-58-55-59(70)66-62(56-58)79-69(68(75)67(66)74)57-52-53-60(77-64(72)50-47-44-41-38-35-32-29-26-23-20-17-14-11-8-5-2)61(54-57)78-65(73)51-48-45-42-39-36-33-30-27-24-21-18-15-12-9-6-3/h25-30,52-56,70,75H,4-24,31-51H2,1-3H3/b28-25-,29-26-,30-27-. The van der Waals surface area contributed by atoms with Crippen molar-refractivity contribution in [1.29, 1.82) is 0 Å². The number of carbonyl (C=O) groups excluding carboxylic acids is 3. The maximum absolute atomic E-state index is 13.6. The molecular formula is C69H106O10. The SMILES string of the molecule is CCCCCCCC/C=C\CCCCCCCC(=O)Oc1cc(O)c2c(=O)c(O)c(-c3ccc(OC(=O)CCCCCCC/C=C\CCCCCCCC)c(OC(=O)CCCCCCC/C=C\CCCCCCCC)c3)oc2c1. The first-order chi connectivity index (χ1) is 38.7. The van der Waals surface area contributed by atoms with Crippen LogP contribution in [-0.4, -0.2) is 28.1 Å². The number of ether oxygens (including phenoxy) is 3. The second kappa shape index (κ2) is 45.6. The third-order valence-electron chi connectivity index (χ3n) is 14.7. The van der Waals surface area contributed by atoms with Gasteiger partial charge in [-0.05, 0) is 115 Å². The predicted molar refractivity (Wildman–Crippen MR) is 327 cm³/mol. The lowest BCUT2D eigenvalue weighted by molar-refractivity contribution is -0.137. The Bertz CT molecular complexity index is 2250. The minimum absolute atomic E-state index is 0.0127. The smallest absolute Gasteiger partial charge is 0.311 e. The van der Waals surface area contributed by atoms with E-state index in [-0.39, 0.29) is 58.8 Å². The summed E-state index contributed by atoms with van der Waals surface area (Å²) in [5.74, 6) is -3.06. The molecule has 0 aliphatic carbocycles. The van der Waals surface area contributed by atoms with Crippen LogP contribution in [-0.2, 0) is 14.4 Å². The van der Waals surface area contributed by atoms with Gasteiger partial charge in [-0.25, -0.2) is 0 Å². The van der Waals surface area contributed by atoms with Gasteiger partial charge in [0.15, 0.2) is 17.3 Å².